The summed E-state index contributed by atoms with van der Waals surface area (Å²) >= 11 is 4.36. The molecule has 2 aliphatic rings. The number of hydrogen-bond donors (Lipinski definition) is 2. The first-order chi connectivity index (χ1) is 9.95. The van der Waals surface area contributed by atoms with Crippen LogP contribution in [0, 0.1) is 11.8 Å². The molecule has 2 atom stereocenters. The molecule has 116 valence electrons. The van der Waals surface area contributed by atoms with Gasteiger partial charge < -0.3 is 10.2 Å². The molecular formula is C12H16BrN3O3S2. The molecule has 6 nitrogen and oxygen atoms in total. The topological polar surface area (TPSA) is 78.5 Å². The first-order valence-electron chi connectivity index (χ1n) is 6.69. The fourth-order valence-electron chi connectivity index (χ4n) is 2.84. The van der Waals surface area contributed by atoms with Crippen LogP contribution in [-0.4, -0.2) is 51.9 Å². The molecule has 9 heteroatoms. The van der Waals surface area contributed by atoms with E-state index in [-0.39, 0.29) is 16.7 Å². The molecule has 1 aromatic heterocycles. The molecule has 0 saturated carbocycles. The van der Waals surface area contributed by atoms with Crippen molar-refractivity contribution in [3.8, 4) is 0 Å². The van der Waals surface area contributed by atoms with Gasteiger partial charge >= 0.3 is 0 Å². The number of sulfonamides is 1. The number of hydrogen-bond acceptors (Lipinski definition) is 5. The van der Waals surface area contributed by atoms with Crippen LogP contribution >= 0.6 is 27.3 Å². The number of likely N-dealkylation sites (tertiary alicyclic amines) is 1. The molecule has 0 unspecified atom stereocenters. The van der Waals surface area contributed by atoms with Crippen LogP contribution in [0.2, 0.25) is 0 Å². The monoisotopic (exact) mass is 393 g/mol. The van der Waals surface area contributed by atoms with E-state index < -0.39 is 10.0 Å². The highest BCUT2D eigenvalue weighted by molar-refractivity contribution is 9.11. The van der Waals surface area contributed by atoms with E-state index in [4.69, 9.17) is 0 Å². The SMILES string of the molecule is O=C(CNS(=O)(=O)c1ccc(Br)s1)N1C[C@H]2CNC[C@H]2C1. The van der Waals surface area contributed by atoms with Gasteiger partial charge in [0, 0.05) is 26.2 Å². The van der Waals surface area contributed by atoms with Crippen molar-refractivity contribution in [2.75, 3.05) is 32.7 Å². The van der Waals surface area contributed by atoms with Gasteiger partial charge in [-0.2, -0.15) is 0 Å². The number of fused-ring (bicyclic) bond motifs is 1. The minimum absolute atomic E-state index is 0.149. The Labute approximate surface area is 136 Å². The third kappa shape index (κ3) is 3.31. The molecule has 3 rings (SSSR count). The van der Waals surface area contributed by atoms with Gasteiger partial charge in [-0.1, -0.05) is 0 Å². The van der Waals surface area contributed by atoms with E-state index in [1.807, 2.05) is 0 Å². The zero-order valence-electron chi connectivity index (χ0n) is 11.2. The summed E-state index contributed by atoms with van der Waals surface area (Å²) in [6, 6.07) is 3.20. The average Bonchev–Trinajstić information content (AvgIpc) is 3.10. The van der Waals surface area contributed by atoms with Crippen molar-refractivity contribution in [2.24, 2.45) is 11.8 Å². The van der Waals surface area contributed by atoms with Crippen LogP contribution in [0.5, 0.6) is 0 Å². The first-order valence-corrected chi connectivity index (χ1v) is 9.78. The Morgan fingerprint density at radius 3 is 2.62 bits per heavy atom. The van der Waals surface area contributed by atoms with Crippen LogP contribution in [0.3, 0.4) is 0 Å². The summed E-state index contributed by atoms with van der Waals surface area (Å²) in [6.07, 6.45) is 0. The molecular weight excluding hydrogens is 378 g/mol. The summed E-state index contributed by atoms with van der Waals surface area (Å²) < 4.78 is 27.5. The Hall–Kier alpha value is -0.480. The highest BCUT2D eigenvalue weighted by atomic mass is 79.9. The smallest absolute Gasteiger partial charge is 0.250 e. The Balaban J connectivity index is 1.56. The number of carbonyl (C=O) groups excluding carboxylic acids is 1. The van der Waals surface area contributed by atoms with Crippen molar-refractivity contribution in [3.05, 3.63) is 15.9 Å². The van der Waals surface area contributed by atoms with E-state index >= 15 is 0 Å². The van der Waals surface area contributed by atoms with Gasteiger partial charge in [0.1, 0.15) is 4.21 Å². The predicted molar refractivity (Wildman–Crippen MR) is 83.6 cm³/mol. The number of thiophene rings is 1. The van der Waals surface area contributed by atoms with Gasteiger partial charge in [-0.15, -0.1) is 11.3 Å². The molecule has 0 spiro atoms. The number of rotatable bonds is 4. The van der Waals surface area contributed by atoms with Crippen molar-refractivity contribution in [2.45, 2.75) is 4.21 Å². The Morgan fingerprint density at radius 1 is 1.38 bits per heavy atom. The molecule has 2 fully saturated rings. The van der Waals surface area contributed by atoms with E-state index in [0.29, 0.717) is 11.8 Å². The second kappa shape index (κ2) is 5.96. The predicted octanol–water partition coefficient (Wildman–Crippen LogP) is 0.467. The number of nitrogens with one attached hydrogen (secondary N) is 2. The quantitative estimate of drug-likeness (QED) is 0.778. The maximum Gasteiger partial charge on any atom is 0.250 e. The number of nitrogens with zero attached hydrogens (tertiary/aromatic N) is 1. The summed E-state index contributed by atoms with van der Waals surface area (Å²) in [5.41, 5.74) is 0. The standard InChI is InChI=1S/C12H16BrN3O3S2/c13-10-1-2-12(20-10)21(18,19)15-5-11(17)16-6-8-3-14-4-9(8)7-16/h1-2,8-9,14-15H,3-7H2/t8-,9+. The Bertz CT molecular complexity index is 634. The van der Waals surface area contributed by atoms with Crippen LogP contribution in [0.25, 0.3) is 0 Å². The average molecular weight is 394 g/mol. The lowest BCUT2D eigenvalue weighted by Gasteiger charge is -2.17. The van der Waals surface area contributed by atoms with Crippen molar-refractivity contribution < 1.29 is 13.2 Å². The van der Waals surface area contributed by atoms with Gasteiger partial charge in [-0.25, -0.2) is 13.1 Å². The minimum atomic E-state index is -3.60. The third-order valence-electron chi connectivity index (χ3n) is 3.97. The lowest BCUT2D eigenvalue weighted by molar-refractivity contribution is -0.129. The number of amides is 1. The second-order valence-electron chi connectivity index (χ2n) is 5.36. The number of halogens is 1. The molecule has 21 heavy (non-hydrogen) atoms. The molecule has 1 amide bonds. The van der Waals surface area contributed by atoms with Crippen molar-refractivity contribution in [1.29, 1.82) is 0 Å². The van der Waals surface area contributed by atoms with Gasteiger partial charge in [0.2, 0.25) is 5.91 Å². The molecule has 2 aliphatic heterocycles. The lowest BCUT2D eigenvalue weighted by atomic mass is 10.0. The van der Waals surface area contributed by atoms with Crippen LogP contribution in [0.1, 0.15) is 0 Å². The third-order valence-corrected chi connectivity index (χ3v) is 7.49. The summed E-state index contributed by atoms with van der Waals surface area (Å²) in [6.45, 7) is 3.17. The summed E-state index contributed by atoms with van der Waals surface area (Å²) in [4.78, 5) is 13.9. The van der Waals surface area contributed by atoms with E-state index in [2.05, 4.69) is 26.0 Å². The van der Waals surface area contributed by atoms with Crippen molar-refractivity contribution >= 4 is 43.2 Å². The van der Waals surface area contributed by atoms with Crippen molar-refractivity contribution in [3.63, 3.8) is 0 Å². The van der Waals surface area contributed by atoms with Crippen LogP contribution in [0.15, 0.2) is 20.1 Å². The van der Waals surface area contributed by atoms with Crippen molar-refractivity contribution in [1.82, 2.24) is 14.9 Å². The van der Waals surface area contributed by atoms with Gasteiger partial charge in [-0.05, 0) is 39.9 Å². The maximum atomic E-state index is 12.1. The van der Waals surface area contributed by atoms with E-state index in [9.17, 15) is 13.2 Å². The minimum Gasteiger partial charge on any atom is -0.341 e. The highest BCUT2D eigenvalue weighted by Gasteiger charge is 2.38. The summed E-state index contributed by atoms with van der Waals surface area (Å²) in [7, 11) is -3.60. The van der Waals surface area contributed by atoms with Crippen LogP contribution in [0.4, 0.5) is 0 Å². The molecule has 1 aromatic rings. The highest BCUT2D eigenvalue weighted by Crippen LogP contribution is 2.27. The molecule has 2 N–H and O–H groups in total. The lowest BCUT2D eigenvalue weighted by Crippen LogP contribution is -2.40. The number of carbonyl (C=O) groups is 1. The van der Waals surface area contributed by atoms with E-state index in [1.165, 1.54) is 6.07 Å². The van der Waals surface area contributed by atoms with Gasteiger partial charge in [0.25, 0.3) is 10.0 Å². The normalized spacial score (nSPS) is 25.3. The molecule has 2 saturated heterocycles. The van der Waals surface area contributed by atoms with Gasteiger partial charge in [0.05, 0.1) is 10.3 Å². The molecule has 0 aromatic carbocycles. The fraction of sp³-hybridized carbons (Fsp3) is 0.583. The van der Waals surface area contributed by atoms with Gasteiger partial charge in [0.15, 0.2) is 0 Å². The first kappa shape index (κ1) is 15.4. The van der Waals surface area contributed by atoms with Gasteiger partial charge in [-0.3, -0.25) is 4.79 Å². The Morgan fingerprint density at radius 2 is 2.05 bits per heavy atom. The Kier molecular flexibility index (Phi) is 4.37. The fourth-order valence-corrected chi connectivity index (χ4v) is 5.87. The summed E-state index contributed by atoms with van der Waals surface area (Å²) in [5, 5.41) is 3.31. The zero-order chi connectivity index (χ0) is 15.0. The molecule has 0 bridgehead atoms. The largest absolute Gasteiger partial charge is 0.341 e. The molecule has 0 aliphatic carbocycles. The molecule has 0 radical (unpaired) electrons. The van der Waals surface area contributed by atoms with E-state index in [0.717, 1.165) is 41.3 Å². The second-order valence-corrected chi connectivity index (χ2v) is 9.82. The van der Waals surface area contributed by atoms with Crippen LogP contribution < -0.4 is 10.0 Å². The van der Waals surface area contributed by atoms with Crippen LogP contribution in [-0.2, 0) is 14.8 Å². The molecule has 3 heterocycles. The summed E-state index contributed by atoms with van der Waals surface area (Å²) in [5.74, 6) is 0.876. The zero-order valence-corrected chi connectivity index (χ0v) is 14.4. The van der Waals surface area contributed by atoms with E-state index in [1.54, 1.807) is 11.0 Å². The maximum absolute atomic E-state index is 12.1.